The van der Waals surface area contributed by atoms with Crippen molar-refractivity contribution in [1.82, 2.24) is 9.80 Å². The molecule has 2 saturated heterocycles. The van der Waals surface area contributed by atoms with Gasteiger partial charge in [-0.1, -0.05) is 43.1 Å². The van der Waals surface area contributed by atoms with Gasteiger partial charge in [0.2, 0.25) is 5.91 Å². The van der Waals surface area contributed by atoms with Crippen molar-refractivity contribution in [1.29, 1.82) is 0 Å². The van der Waals surface area contributed by atoms with Crippen molar-refractivity contribution in [3.05, 3.63) is 63.1 Å². The average Bonchev–Trinajstić information content (AvgIpc) is 2.91. The lowest BCUT2D eigenvalue weighted by Crippen LogP contribution is -2.58. The molecule has 2 atom stereocenters. The van der Waals surface area contributed by atoms with E-state index >= 15 is 0 Å². The maximum absolute atomic E-state index is 13.9. The number of alkyl halides is 3. The van der Waals surface area contributed by atoms with Crippen LogP contribution in [0.1, 0.15) is 43.0 Å². The molecule has 2 aliphatic rings. The number of nitrogens with two attached hydrogens (primary N) is 1. The van der Waals surface area contributed by atoms with Crippen LogP contribution >= 0.6 is 23.2 Å². The number of anilines is 1. The summed E-state index contributed by atoms with van der Waals surface area (Å²) in [6.45, 7) is 5.99. The number of carbonyl (C=O) groups excluding carboxylic acids is 1. The van der Waals surface area contributed by atoms with Crippen LogP contribution in [0.4, 0.5) is 18.9 Å². The van der Waals surface area contributed by atoms with E-state index in [9.17, 15) is 26.4 Å². The zero-order valence-electron chi connectivity index (χ0n) is 23.7. The Labute approximate surface area is 255 Å². The molecule has 0 saturated carbocycles. The van der Waals surface area contributed by atoms with Crippen molar-refractivity contribution in [2.45, 2.75) is 44.9 Å². The van der Waals surface area contributed by atoms with Gasteiger partial charge in [0.15, 0.2) is 9.84 Å². The number of sulfone groups is 1. The van der Waals surface area contributed by atoms with Crippen LogP contribution in [0.3, 0.4) is 0 Å². The predicted octanol–water partition coefficient (Wildman–Crippen LogP) is 5.05. The number of hydrogen-bond donors (Lipinski definition) is 1. The molecule has 7 nitrogen and oxygen atoms in total. The van der Waals surface area contributed by atoms with Gasteiger partial charge >= 0.3 is 6.18 Å². The summed E-state index contributed by atoms with van der Waals surface area (Å²) in [7, 11) is -3.15. The Kier molecular flexibility index (Phi) is 10.4. The van der Waals surface area contributed by atoms with Crippen LogP contribution in [0.15, 0.2) is 36.4 Å². The Morgan fingerprint density at radius 3 is 2.19 bits per heavy atom. The molecule has 2 heterocycles. The second-order valence-electron chi connectivity index (χ2n) is 11.5. The normalized spacial score (nSPS) is 19.6. The van der Waals surface area contributed by atoms with E-state index in [2.05, 4.69) is 0 Å². The number of carbonyl (C=O) groups is 1. The highest BCUT2D eigenvalue weighted by atomic mass is 35.5. The van der Waals surface area contributed by atoms with Crippen molar-refractivity contribution in [2.24, 2.45) is 11.7 Å². The number of halogens is 5. The van der Waals surface area contributed by atoms with Crippen LogP contribution in [0.2, 0.25) is 10.0 Å². The van der Waals surface area contributed by atoms with Gasteiger partial charge in [-0.05, 0) is 60.2 Å². The van der Waals surface area contributed by atoms with Gasteiger partial charge in [-0.15, -0.1) is 0 Å². The maximum Gasteiger partial charge on any atom is 0.416 e. The smallest absolute Gasteiger partial charge is 0.368 e. The monoisotopic (exact) mass is 648 g/mol. The molecular weight excluding hydrogens is 612 g/mol. The van der Waals surface area contributed by atoms with E-state index in [-0.39, 0.29) is 36.4 Å². The van der Waals surface area contributed by atoms with Gasteiger partial charge < -0.3 is 15.5 Å². The Balaban J connectivity index is 1.53. The van der Waals surface area contributed by atoms with Gasteiger partial charge in [0.25, 0.3) is 0 Å². The molecule has 13 heteroatoms. The summed E-state index contributed by atoms with van der Waals surface area (Å²) in [5, 5.41) is 0.907. The Morgan fingerprint density at radius 1 is 0.976 bits per heavy atom. The van der Waals surface area contributed by atoms with Crippen LogP contribution in [-0.4, -0.2) is 80.9 Å². The molecule has 1 amide bonds. The number of benzene rings is 2. The van der Waals surface area contributed by atoms with E-state index in [1.807, 2.05) is 23.6 Å². The summed E-state index contributed by atoms with van der Waals surface area (Å²) in [6.07, 6.45) is -3.65. The standard InChI is InChI=1S/C29H37Cl2F3N4O3S/c1-19(2)15-25(35)23-17-21(29(32,33)34)4-6-26(23)36-7-9-38(10-8-36)28(39)27(37-11-13-42(40,41)14-12-37)16-20-3-5-22(30)18-24(20)31/h3-6,17-19,25,27H,7-16,35H2,1-2H3. The summed E-state index contributed by atoms with van der Waals surface area (Å²) in [6, 6.07) is 7.62. The topological polar surface area (TPSA) is 86.9 Å². The number of nitrogens with zero attached hydrogens (tertiary/aromatic N) is 3. The van der Waals surface area contributed by atoms with Crippen LogP contribution in [0.5, 0.6) is 0 Å². The van der Waals surface area contributed by atoms with Gasteiger partial charge in [0, 0.05) is 61.0 Å². The molecule has 2 aromatic rings. The van der Waals surface area contributed by atoms with Crippen LogP contribution in [0.25, 0.3) is 0 Å². The first-order chi connectivity index (χ1) is 19.6. The quantitative estimate of drug-likeness (QED) is 0.431. The summed E-state index contributed by atoms with van der Waals surface area (Å²) in [5.41, 5.74) is 7.50. The highest BCUT2D eigenvalue weighted by molar-refractivity contribution is 7.91. The number of rotatable bonds is 8. The fourth-order valence-corrected chi connectivity index (χ4v) is 7.35. The van der Waals surface area contributed by atoms with E-state index in [1.165, 1.54) is 6.07 Å². The fourth-order valence-electron chi connectivity index (χ4n) is 5.64. The lowest BCUT2D eigenvalue weighted by Gasteiger charge is -2.41. The van der Waals surface area contributed by atoms with Crippen molar-refractivity contribution in [2.75, 3.05) is 55.7 Å². The third kappa shape index (κ3) is 8.11. The maximum atomic E-state index is 13.9. The molecule has 2 unspecified atom stereocenters. The third-order valence-electron chi connectivity index (χ3n) is 7.94. The largest absolute Gasteiger partial charge is 0.416 e. The molecule has 2 aromatic carbocycles. The minimum Gasteiger partial charge on any atom is -0.368 e. The SMILES string of the molecule is CC(C)CC(N)c1cc(C(F)(F)F)ccc1N1CCN(C(=O)C(Cc2ccc(Cl)cc2Cl)N2CCS(=O)(=O)CC2)CC1. The first kappa shape index (κ1) is 32.9. The molecule has 2 N–H and O–H groups in total. The highest BCUT2D eigenvalue weighted by Crippen LogP contribution is 2.37. The highest BCUT2D eigenvalue weighted by Gasteiger charge is 2.36. The second kappa shape index (κ2) is 13.3. The first-order valence-electron chi connectivity index (χ1n) is 14.0. The molecule has 4 rings (SSSR count). The van der Waals surface area contributed by atoms with E-state index < -0.39 is 33.7 Å². The van der Waals surface area contributed by atoms with Gasteiger partial charge in [0.05, 0.1) is 23.1 Å². The summed E-state index contributed by atoms with van der Waals surface area (Å²) in [4.78, 5) is 19.6. The van der Waals surface area contributed by atoms with Gasteiger partial charge in [-0.3, -0.25) is 9.69 Å². The minimum atomic E-state index is -4.48. The Hall–Kier alpha value is -2.05. The molecule has 2 aliphatic heterocycles. The lowest BCUT2D eigenvalue weighted by molar-refractivity contribution is -0.138. The van der Waals surface area contributed by atoms with E-state index in [1.54, 1.807) is 23.1 Å². The van der Waals surface area contributed by atoms with E-state index in [0.29, 0.717) is 60.3 Å². The first-order valence-corrected chi connectivity index (χ1v) is 16.6. The predicted molar refractivity (Wildman–Crippen MR) is 161 cm³/mol. The van der Waals surface area contributed by atoms with E-state index in [4.69, 9.17) is 28.9 Å². The average molecular weight is 650 g/mol. The molecule has 0 aromatic heterocycles. The minimum absolute atomic E-state index is 0.0216. The summed E-state index contributed by atoms with van der Waals surface area (Å²) >= 11 is 12.5. The molecule has 232 valence electrons. The van der Waals surface area contributed by atoms with Gasteiger partial charge in [-0.2, -0.15) is 13.2 Å². The van der Waals surface area contributed by atoms with Crippen LogP contribution in [-0.2, 0) is 27.2 Å². The zero-order chi connectivity index (χ0) is 30.8. The summed E-state index contributed by atoms with van der Waals surface area (Å²) in [5.74, 6) is 0.0233. The molecule has 0 bridgehead atoms. The Morgan fingerprint density at radius 2 is 1.62 bits per heavy atom. The molecule has 0 aliphatic carbocycles. The zero-order valence-corrected chi connectivity index (χ0v) is 26.0. The van der Waals surface area contributed by atoms with Gasteiger partial charge in [0.1, 0.15) is 0 Å². The summed E-state index contributed by atoms with van der Waals surface area (Å²) < 4.78 is 64.8. The van der Waals surface area contributed by atoms with Crippen molar-refractivity contribution in [3.63, 3.8) is 0 Å². The van der Waals surface area contributed by atoms with E-state index in [0.717, 1.165) is 17.7 Å². The van der Waals surface area contributed by atoms with Crippen molar-refractivity contribution in [3.8, 4) is 0 Å². The Bertz CT molecular complexity index is 1370. The molecule has 0 spiro atoms. The lowest BCUT2D eigenvalue weighted by atomic mass is 9.94. The fraction of sp³-hybridized carbons (Fsp3) is 0.552. The van der Waals surface area contributed by atoms with Crippen molar-refractivity contribution >= 4 is 44.6 Å². The van der Waals surface area contributed by atoms with Crippen molar-refractivity contribution < 1.29 is 26.4 Å². The number of piperazine rings is 1. The van der Waals surface area contributed by atoms with Crippen LogP contribution in [0, 0.1) is 5.92 Å². The molecule has 2 fully saturated rings. The number of amides is 1. The number of hydrogen-bond acceptors (Lipinski definition) is 6. The van der Waals surface area contributed by atoms with Gasteiger partial charge in [-0.25, -0.2) is 8.42 Å². The molecular formula is C29H37Cl2F3N4O3S. The van der Waals surface area contributed by atoms with Crippen LogP contribution < -0.4 is 10.6 Å². The molecule has 42 heavy (non-hydrogen) atoms. The second-order valence-corrected chi connectivity index (χ2v) is 14.6. The molecule has 0 radical (unpaired) electrons. The third-order valence-corrected chi connectivity index (χ3v) is 10.1.